The van der Waals surface area contributed by atoms with Gasteiger partial charge in [-0.15, -0.1) is 0 Å². The third kappa shape index (κ3) is 4.49. The molecule has 142 valence electrons. The topological polar surface area (TPSA) is 29.5 Å². The molecule has 0 aromatic heterocycles. The maximum Gasteiger partial charge on any atom is 0.160 e. The molecule has 0 bridgehead atoms. The van der Waals surface area contributed by atoms with E-state index in [0.717, 1.165) is 36.4 Å². The first-order chi connectivity index (χ1) is 12.3. The second-order valence-corrected chi connectivity index (χ2v) is 9.01. The van der Waals surface area contributed by atoms with Crippen LogP contribution in [0, 0.1) is 10.8 Å². The van der Waals surface area contributed by atoms with E-state index in [-0.39, 0.29) is 5.41 Å². The summed E-state index contributed by atoms with van der Waals surface area (Å²) >= 11 is 0. The van der Waals surface area contributed by atoms with Gasteiger partial charge in [0.2, 0.25) is 0 Å². The predicted molar refractivity (Wildman–Crippen MR) is 108 cm³/mol. The number of carbonyl (C=O) groups excluding carboxylic acids is 1. The van der Waals surface area contributed by atoms with E-state index in [9.17, 15) is 4.79 Å². The molecule has 26 heavy (non-hydrogen) atoms. The van der Waals surface area contributed by atoms with Crippen LogP contribution in [0.25, 0.3) is 0 Å². The molecule has 1 aliphatic carbocycles. The SMILES string of the molecule is COc1ccc(N2C=C(C(=O)CCCCC3(C)CC3)C(C)(C)CC2)cc1. The van der Waals surface area contributed by atoms with Gasteiger partial charge in [-0.05, 0) is 67.2 Å². The number of allylic oxidation sites excluding steroid dienone is 1. The number of Topliss-reactive ketones (excluding diaryl/α,β-unsaturated/α-hetero) is 1. The summed E-state index contributed by atoms with van der Waals surface area (Å²) in [5.74, 6) is 1.19. The van der Waals surface area contributed by atoms with Gasteiger partial charge in [-0.2, -0.15) is 0 Å². The van der Waals surface area contributed by atoms with Gasteiger partial charge in [0.15, 0.2) is 5.78 Å². The number of ketones is 1. The van der Waals surface area contributed by atoms with Crippen molar-refractivity contribution in [1.82, 2.24) is 0 Å². The molecule has 0 N–H and O–H groups in total. The van der Waals surface area contributed by atoms with Gasteiger partial charge in [0, 0.05) is 30.4 Å². The highest BCUT2D eigenvalue weighted by atomic mass is 16.5. The van der Waals surface area contributed by atoms with Crippen LogP contribution in [0.1, 0.15) is 65.7 Å². The minimum absolute atomic E-state index is 0.0392. The Balaban J connectivity index is 1.64. The van der Waals surface area contributed by atoms with Crippen LogP contribution in [-0.2, 0) is 4.79 Å². The molecule has 1 fully saturated rings. The quantitative estimate of drug-likeness (QED) is 0.556. The Morgan fingerprint density at radius 3 is 2.38 bits per heavy atom. The molecule has 1 heterocycles. The summed E-state index contributed by atoms with van der Waals surface area (Å²) in [6.45, 7) is 7.71. The summed E-state index contributed by atoms with van der Waals surface area (Å²) in [4.78, 5) is 15.1. The zero-order valence-electron chi connectivity index (χ0n) is 16.8. The van der Waals surface area contributed by atoms with Crippen molar-refractivity contribution in [3.63, 3.8) is 0 Å². The Morgan fingerprint density at radius 2 is 1.77 bits per heavy atom. The number of anilines is 1. The molecule has 0 spiro atoms. The smallest absolute Gasteiger partial charge is 0.160 e. The third-order valence-electron chi connectivity index (χ3n) is 6.23. The molecule has 1 aliphatic heterocycles. The number of methoxy groups -OCH3 is 1. The van der Waals surface area contributed by atoms with Crippen LogP contribution in [0.15, 0.2) is 36.0 Å². The average molecular weight is 356 g/mol. The van der Waals surface area contributed by atoms with Crippen LogP contribution < -0.4 is 9.64 Å². The van der Waals surface area contributed by atoms with Gasteiger partial charge < -0.3 is 9.64 Å². The number of ether oxygens (including phenoxy) is 1. The molecule has 3 nitrogen and oxygen atoms in total. The van der Waals surface area contributed by atoms with Crippen molar-refractivity contribution >= 4 is 11.5 Å². The number of rotatable bonds is 8. The Morgan fingerprint density at radius 1 is 1.08 bits per heavy atom. The molecule has 0 radical (unpaired) electrons. The van der Waals surface area contributed by atoms with E-state index in [0.29, 0.717) is 17.6 Å². The maximum atomic E-state index is 12.9. The van der Waals surface area contributed by atoms with Crippen molar-refractivity contribution in [3.05, 3.63) is 36.0 Å². The van der Waals surface area contributed by atoms with Crippen LogP contribution in [0.5, 0.6) is 5.75 Å². The van der Waals surface area contributed by atoms with Gasteiger partial charge in [0.25, 0.3) is 0 Å². The number of hydrogen-bond acceptors (Lipinski definition) is 3. The van der Waals surface area contributed by atoms with Gasteiger partial charge in [-0.3, -0.25) is 4.79 Å². The first kappa shape index (κ1) is 19.0. The van der Waals surface area contributed by atoms with Gasteiger partial charge in [-0.25, -0.2) is 0 Å². The van der Waals surface area contributed by atoms with Crippen molar-refractivity contribution in [2.75, 3.05) is 18.6 Å². The number of carbonyl (C=O) groups is 1. The van der Waals surface area contributed by atoms with E-state index >= 15 is 0 Å². The molecule has 3 rings (SSSR count). The van der Waals surface area contributed by atoms with Gasteiger partial charge in [0.05, 0.1) is 7.11 Å². The lowest BCUT2D eigenvalue weighted by Crippen LogP contribution is -2.35. The second-order valence-electron chi connectivity index (χ2n) is 9.01. The first-order valence-electron chi connectivity index (χ1n) is 9.99. The zero-order valence-corrected chi connectivity index (χ0v) is 16.8. The molecule has 1 aromatic carbocycles. The highest BCUT2D eigenvalue weighted by Gasteiger charge is 2.36. The van der Waals surface area contributed by atoms with E-state index in [2.05, 4.69) is 44.0 Å². The summed E-state index contributed by atoms with van der Waals surface area (Å²) in [6.07, 6.45) is 9.99. The standard InChI is InChI=1S/C23H33NO2/c1-22(2)15-16-24(18-8-10-19(26-4)11-9-18)17-20(22)21(25)7-5-6-12-23(3)13-14-23/h8-11,17H,5-7,12-16H2,1-4H3. The Bertz CT molecular complexity index is 668. The fourth-order valence-electron chi connectivity index (χ4n) is 3.79. The third-order valence-corrected chi connectivity index (χ3v) is 6.23. The minimum Gasteiger partial charge on any atom is -0.497 e. The summed E-state index contributed by atoms with van der Waals surface area (Å²) < 4.78 is 5.24. The molecule has 2 aliphatic rings. The number of nitrogens with zero attached hydrogens (tertiary/aromatic N) is 1. The van der Waals surface area contributed by atoms with E-state index in [1.54, 1.807) is 7.11 Å². The molecule has 1 saturated carbocycles. The lowest BCUT2D eigenvalue weighted by molar-refractivity contribution is -0.116. The van der Waals surface area contributed by atoms with Crippen LogP contribution in [-0.4, -0.2) is 19.4 Å². The lowest BCUT2D eigenvalue weighted by atomic mass is 9.76. The van der Waals surface area contributed by atoms with E-state index in [1.165, 1.54) is 25.7 Å². The fourth-order valence-corrected chi connectivity index (χ4v) is 3.79. The molecule has 0 atom stereocenters. The molecule has 0 amide bonds. The predicted octanol–water partition coefficient (Wildman–Crippen LogP) is 5.75. The first-order valence-corrected chi connectivity index (χ1v) is 9.99. The minimum atomic E-state index is -0.0392. The fraction of sp³-hybridized carbons (Fsp3) is 0.609. The summed E-state index contributed by atoms with van der Waals surface area (Å²) in [5, 5.41) is 0. The molecule has 1 aromatic rings. The average Bonchev–Trinajstić information content (AvgIpc) is 3.36. The van der Waals surface area contributed by atoms with Gasteiger partial charge >= 0.3 is 0 Å². The summed E-state index contributed by atoms with van der Waals surface area (Å²) in [7, 11) is 1.68. The molecule has 0 saturated heterocycles. The number of benzene rings is 1. The van der Waals surface area contributed by atoms with Gasteiger partial charge in [-0.1, -0.05) is 27.2 Å². The maximum absolute atomic E-state index is 12.9. The van der Waals surface area contributed by atoms with Crippen molar-refractivity contribution in [1.29, 1.82) is 0 Å². The van der Waals surface area contributed by atoms with E-state index < -0.39 is 0 Å². The van der Waals surface area contributed by atoms with Crippen molar-refractivity contribution in [3.8, 4) is 5.75 Å². The van der Waals surface area contributed by atoms with Crippen molar-refractivity contribution in [2.45, 2.75) is 65.7 Å². The molecule has 0 unspecified atom stereocenters. The van der Waals surface area contributed by atoms with Crippen LogP contribution in [0.4, 0.5) is 5.69 Å². The van der Waals surface area contributed by atoms with Gasteiger partial charge in [0.1, 0.15) is 5.75 Å². The van der Waals surface area contributed by atoms with Crippen LogP contribution >= 0.6 is 0 Å². The largest absolute Gasteiger partial charge is 0.497 e. The summed E-state index contributed by atoms with van der Waals surface area (Å²) in [5.41, 5.74) is 2.66. The molecular weight excluding hydrogens is 322 g/mol. The van der Waals surface area contributed by atoms with E-state index in [4.69, 9.17) is 4.74 Å². The summed E-state index contributed by atoms with van der Waals surface area (Å²) in [6, 6.07) is 8.07. The van der Waals surface area contributed by atoms with Crippen LogP contribution in [0.2, 0.25) is 0 Å². The second kappa shape index (κ2) is 7.46. The van der Waals surface area contributed by atoms with E-state index in [1.807, 2.05) is 12.1 Å². The Labute approximate surface area is 158 Å². The van der Waals surface area contributed by atoms with Crippen molar-refractivity contribution in [2.24, 2.45) is 10.8 Å². The lowest BCUT2D eigenvalue weighted by Gasteiger charge is -2.37. The van der Waals surface area contributed by atoms with Crippen LogP contribution in [0.3, 0.4) is 0 Å². The number of unbranched alkanes of at least 4 members (excludes halogenated alkanes) is 1. The van der Waals surface area contributed by atoms with Crippen molar-refractivity contribution < 1.29 is 9.53 Å². The molecular formula is C23H33NO2. The highest BCUT2D eigenvalue weighted by molar-refractivity contribution is 5.97. The Kier molecular flexibility index (Phi) is 5.45. The monoisotopic (exact) mass is 355 g/mol. The highest BCUT2D eigenvalue weighted by Crippen LogP contribution is 2.49. The normalized spacial score (nSPS) is 20.5. The molecule has 3 heteroatoms. The zero-order chi connectivity index (χ0) is 18.8. The number of hydrogen-bond donors (Lipinski definition) is 0. The Hall–Kier alpha value is -1.77.